The molecule has 46 heavy (non-hydrogen) atoms. The molecule has 18 heteroatoms. The van der Waals surface area contributed by atoms with Crippen LogP contribution in [-0.2, 0) is 21.4 Å². The molecule has 246 valence electrons. The number of halogens is 6. The van der Waals surface area contributed by atoms with E-state index < -0.39 is 51.1 Å². The number of carbonyl (C=O) groups excluding carboxylic acids is 1. The number of rotatable bonds is 9. The third-order valence-corrected chi connectivity index (χ3v) is 8.40. The Kier molecular flexibility index (Phi) is 10.1. The van der Waals surface area contributed by atoms with Crippen molar-refractivity contribution in [2.75, 3.05) is 25.4 Å². The average molecular weight is 673 g/mol. The minimum atomic E-state index is -4.99. The van der Waals surface area contributed by atoms with Crippen LogP contribution in [0.25, 0.3) is 0 Å². The fourth-order valence-corrected chi connectivity index (χ4v) is 5.98. The highest BCUT2D eigenvalue weighted by Gasteiger charge is 2.41. The second-order valence-electron chi connectivity index (χ2n) is 9.59. The average Bonchev–Trinajstić information content (AvgIpc) is 2.98. The number of nitrogens with one attached hydrogen (secondary N) is 1. The molecular formula is C28H26F6N6O5S. The van der Waals surface area contributed by atoms with Crippen LogP contribution in [0.2, 0.25) is 0 Å². The maximum absolute atomic E-state index is 13.7. The van der Waals surface area contributed by atoms with E-state index in [0.29, 0.717) is 11.3 Å². The monoisotopic (exact) mass is 672 g/mol. The number of anilines is 1. The van der Waals surface area contributed by atoms with Crippen molar-refractivity contribution in [2.24, 2.45) is 4.99 Å². The molecule has 0 radical (unpaired) electrons. The van der Waals surface area contributed by atoms with Crippen molar-refractivity contribution in [1.82, 2.24) is 19.5 Å². The third kappa shape index (κ3) is 8.87. The van der Waals surface area contributed by atoms with E-state index in [9.17, 15) is 39.6 Å². The van der Waals surface area contributed by atoms with Crippen molar-refractivity contribution < 1.29 is 49.0 Å². The lowest BCUT2D eigenvalue weighted by Crippen LogP contribution is -2.61. The molecule has 2 aromatic carbocycles. The normalized spacial score (nSPS) is 16.5. The molecule has 1 aliphatic heterocycles. The zero-order chi connectivity index (χ0) is 33.7. The van der Waals surface area contributed by atoms with Gasteiger partial charge in [0.1, 0.15) is 34.9 Å². The minimum Gasteiger partial charge on any atom is -0.406 e. The zero-order valence-corrected chi connectivity index (χ0v) is 24.4. The van der Waals surface area contributed by atoms with E-state index in [4.69, 9.17) is 5.73 Å². The van der Waals surface area contributed by atoms with Gasteiger partial charge in [-0.15, -0.1) is 26.3 Å². The summed E-state index contributed by atoms with van der Waals surface area (Å²) in [6.45, 7) is 3.11. The van der Waals surface area contributed by atoms with Crippen molar-refractivity contribution in [2.45, 2.75) is 30.2 Å². The van der Waals surface area contributed by atoms with Crippen LogP contribution in [0.1, 0.15) is 5.56 Å². The summed E-state index contributed by atoms with van der Waals surface area (Å²) in [6, 6.07) is 9.98. The standard InChI is InChI=1S/C28H26F6N6O5S/c1-2-24(38-22-4-3-13-36-25(22)35)39-14-15-40(46(42,43)21-11-9-20(10-12-21)45-28(32,33)34)23(17-39)26(41)37-16-18-5-7-19(8-6-18)44-27(29,30)31/h2-13,23H,1,14-17H2,(H2,35,36)(H,37,41)/b38-24+/t23-/m1/s1. The molecule has 1 aromatic heterocycles. The van der Waals surface area contributed by atoms with Crippen LogP contribution in [0.4, 0.5) is 37.8 Å². The van der Waals surface area contributed by atoms with Gasteiger partial charge in [-0.25, -0.2) is 18.4 Å². The molecule has 2 heterocycles. The third-order valence-electron chi connectivity index (χ3n) is 6.48. The summed E-state index contributed by atoms with van der Waals surface area (Å²) in [6.07, 6.45) is -7.03. The van der Waals surface area contributed by atoms with Crippen molar-refractivity contribution in [3.05, 3.63) is 85.1 Å². The summed E-state index contributed by atoms with van der Waals surface area (Å²) in [7, 11) is -4.45. The van der Waals surface area contributed by atoms with Gasteiger partial charge in [-0.3, -0.25) is 4.79 Å². The van der Waals surface area contributed by atoms with Gasteiger partial charge in [0.05, 0.1) is 4.90 Å². The van der Waals surface area contributed by atoms with Gasteiger partial charge in [-0.2, -0.15) is 4.31 Å². The number of alkyl halides is 6. The van der Waals surface area contributed by atoms with Gasteiger partial charge in [0.15, 0.2) is 0 Å². The van der Waals surface area contributed by atoms with Gasteiger partial charge >= 0.3 is 12.7 Å². The number of nitrogen functional groups attached to an aromatic ring is 1. The molecule has 0 saturated carbocycles. The molecule has 1 aliphatic rings. The first-order valence-electron chi connectivity index (χ1n) is 13.2. The number of aliphatic imine (C=N–C) groups is 1. The number of sulfonamides is 1. The number of amidine groups is 1. The molecule has 0 spiro atoms. The van der Waals surface area contributed by atoms with E-state index in [0.717, 1.165) is 40.7 Å². The molecule has 11 nitrogen and oxygen atoms in total. The number of hydrogen-bond acceptors (Lipinski definition) is 8. The van der Waals surface area contributed by atoms with Crippen LogP contribution in [0.5, 0.6) is 11.5 Å². The van der Waals surface area contributed by atoms with Gasteiger partial charge in [0, 0.05) is 32.4 Å². The molecule has 1 fully saturated rings. The van der Waals surface area contributed by atoms with Crippen molar-refractivity contribution in [3.8, 4) is 11.5 Å². The van der Waals surface area contributed by atoms with E-state index in [1.165, 1.54) is 24.4 Å². The van der Waals surface area contributed by atoms with Crippen LogP contribution < -0.4 is 20.5 Å². The summed E-state index contributed by atoms with van der Waals surface area (Å²) in [5.74, 6) is -1.52. The van der Waals surface area contributed by atoms with E-state index in [1.807, 2.05) is 0 Å². The number of amides is 1. The van der Waals surface area contributed by atoms with Gasteiger partial charge in [0.25, 0.3) is 0 Å². The maximum atomic E-state index is 13.7. The summed E-state index contributed by atoms with van der Waals surface area (Å²) in [5, 5.41) is 2.59. The predicted molar refractivity (Wildman–Crippen MR) is 153 cm³/mol. The molecule has 0 unspecified atom stereocenters. The Morgan fingerprint density at radius 2 is 1.59 bits per heavy atom. The zero-order valence-electron chi connectivity index (χ0n) is 23.6. The highest BCUT2D eigenvalue weighted by molar-refractivity contribution is 7.89. The van der Waals surface area contributed by atoms with Gasteiger partial charge < -0.3 is 25.4 Å². The van der Waals surface area contributed by atoms with E-state index in [-0.39, 0.29) is 37.8 Å². The fraction of sp³-hybridized carbons (Fsp3) is 0.250. The molecule has 4 rings (SSSR count). The minimum absolute atomic E-state index is 0.0317. The van der Waals surface area contributed by atoms with Gasteiger partial charge in [-0.05, 0) is 60.2 Å². The number of aromatic nitrogens is 1. The summed E-state index contributed by atoms with van der Waals surface area (Å²) >= 11 is 0. The largest absolute Gasteiger partial charge is 0.573 e. The topological polar surface area (TPSA) is 139 Å². The number of nitrogens with zero attached hydrogens (tertiary/aromatic N) is 4. The Labute approximate surface area is 259 Å². The Bertz CT molecular complexity index is 1680. The molecule has 3 N–H and O–H groups in total. The lowest BCUT2D eigenvalue weighted by atomic mass is 10.1. The highest BCUT2D eigenvalue weighted by Crippen LogP contribution is 2.28. The van der Waals surface area contributed by atoms with Gasteiger partial charge in [0.2, 0.25) is 15.9 Å². The van der Waals surface area contributed by atoms with Crippen molar-refractivity contribution in [1.29, 1.82) is 0 Å². The molecule has 1 atom stereocenters. The van der Waals surface area contributed by atoms with Crippen LogP contribution >= 0.6 is 0 Å². The summed E-state index contributed by atoms with van der Waals surface area (Å²) in [4.78, 5) is 23.1. The lowest BCUT2D eigenvalue weighted by Gasteiger charge is -2.40. The maximum Gasteiger partial charge on any atom is 0.573 e. The Hall–Kier alpha value is -4.84. The first-order valence-corrected chi connectivity index (χ1v) is 14.7. The van der Waals surface area contributed by atoms with E-state index in [1.54, 1.807) is 17.0 Å². The Balaban J connectivity index is 1.60. The van der Waals surface area contributed by atoms with Crippen molar-refractivity contribution >= 4 is 33.3 Å². The summed E-state index contributed by atoms with van der Waals surface area (Å²) in [5.41, 5.74) is 6.57. The number of piperazine rings is 1. The van der Waals surface area contributed by atoms with Crippen LogP contribution in [0.3, 0.4) is 0 Å². The SMILES string of the molecule is C=C/C(=N\c1cccnc1N)N1CCN(S(=O)(=O)c2ccc(OC(F)(F)F)cc2)[C@@H](C(=O)NCc2ccc(OC(F)(F)F)cc2)C1. The predicted octanol–water partition coefficient (Wildman–Crippen LogP) is 4.37. The number of nitrogens with two attached hydrogens (primary N) is 1. The summed E-state index contributed by atoms with van der Waals surface area (Å²) < 4.78 is 111. The molecular weight excluding hydrogens is 646 g/mol. The van der Waals surface area contributed by atoms with E-state index in [2.05, 4.69) is 31.3 Å². The molecule has 1 saturated heterocycles. The Morgan fingerprint density at radius 1 is 1.00 bits per heavy atom. The van der Waals surface area contributed by atoms with Crippen LogP contribution in [0.15, 0.2) is 89.4 Å². The number of benzene rings is 2. The first kappa shape index (κ1) is 34.0. The smallest absolute Gasteiger partial charge is 0.406 e. The molecule has 3 aromatic rings. The quantitative estimate of drug-likeness (QED) is 0.194. The second-order valence-corrected chi connectivity index (χ2v) is 11.5. The molecule has 0 bridgehead atoms. The number of pyridine rings is 1. The van der Waals surface area contributed by atoms with E-state index >= 15 is 0 Å². The second kappa shape index (κ2) is 13.7. The number of hydrogen-bond donors (Lipinski definition) is 2. The Morgan fingerprint density at radius 3 is 2.13 bits per heavy atom. The number of carbonyl (C=O) groups is 1. The van der Waals surface area contributed by atoms with Crippen LogP contribution in [0, 0.1) is 0 Å². The highest BCUT2D eigenvalue weighted by atomic mass is 32.2. The first-order chi connectivity index (χ1) is 21.6. The van der Waals surface area contributed by atoms with Crippen LogP contribution in [-0.4, -0.2) is 72.8 Å². The fourth-order valence-electron chi connectivity index (χ4n) is 4.41. The lowest BCUT2D eigenvalue weighted by molar-refractivity contribution is -0.275. The molecule has 1 amide bonds. The number of ether oxygens (including phenoxy) is 2. The van der Waals surface area contributed by atoms with Gasteiger partial charge in [-0.1, -0.05) is 18.7 Å². The molecule has 0 aliphatic carbocycles. The van der Waals surface area contributed by atoms with Crippen molar-refractivity contribution in [3.63, 3.8) is 0 Å².